The third kappa shape index (κ3) is 4.86. The Hall–Kier alpha value is -2.27. The van der Waals surface area contributed by atoms with Crippen LogP contribution in [0.15, 0.2) is 48.5 Å². The van der Waals surface area contributed by atoms with E-state index in [9.17, 15) is 9.59 Å². The number of amides is 1. The second kappa shape index (κ2) is 8.55. The van der Waals surface area contributed by atoms with Crippen molar-refractivity contribution in [3.05, 3.63) is 65.2 Å². The molecule has 2 aromatic rings. The molecule has 0 saturated heterocycles. The van der Waals surface area contributed by atoms with Gasteiger partial charge in [0.25, 0.3) is 0 Å². The number of methoxy groups -OCH3 is 1. The number of carbonyl (C=O) groups is 2. The number of rotatable bonds is 6. The summed E-state index contributed by atoms with van der Waals surface area (Å²) < 4.78 is 4.72. The molecular formula is C19H21NO3S. The van der Waals surface area contributed by atoms with Gasteiger partial charge in [0.15, 0.2) is 0 Å². The van der Waals surface area contributed by atoms with E-state index in [1.807, 2.05) is 44.2 Å². The number of hydrogen-bond acceptors (Lipinski definition) is 4. The first kappa shape index (κ1) is 18.1. The molecule has 0 heterocycles. The van der Waals surface area contributed by atoms with E-state index in [2.05, 4.69) is 5.32 Å². The average molecular weight is 343 g/mol. The van der Waals surface area contributed by atoms with Crippen molar-refractivity contribution in [3.63, 3.8) is 0 Å². The number of benzene rings is 2. The van der Waals surface area contributed by atoms with Crippen LogP contribution < -0.4 is 5.32 Å². The predicted molar refractivity (Wildman–Crippen MR) is 98.3 cm³/mol. The molecule has 2 rings (SSSR count). The summed E-state index contributed by atoms with van der Waals surface area (Å²) in [5.74, 6) is 0.273. The highest BCUT2D eigenvalue weighted by Gasteiger charge is 2.16. The van der Waals surface area contributed by atoms with E-state index in [-0.39, 0.29) is 11.2 Å². The summed E-state index contributed by atoms with van der Waals surface area (Å²) in [5.41, 5.74) is 3.14. The van der Waals surface area contributed by atoms with Gasteiger partial charge in [0.2, 0.25) is 5.91 Å². The Kier molecular flexibility index (Phi) is 6.44. The lowest BCUT2D eigenvalue weighted by molar-refractivity contribution is -0.115. The Morgan fingerprint density at radius 2 is 1.88 bits per heavy atom. The van der Waals surface area contributed by atoms with Gasteiger partial charge < -0.3 is 10.1 Å². The zero-order valence-corrected chi connectivity index (χ0v) is 14.9. The van der Waals surface area contributed by atoms with Crippen molar-refractivity contribution < 1.29 is 14.3 Å². The van der Waals surface area contributed by atoms with Gasteiger partial charge in [-0.05, 0) is 37.1 Å². The third-order valence-electron chi connectivity index (χ3n) is 3.63. The molecule has 2 aromatic carbocycles. The van der Waals surface area contributed by atoms with Crippen molar-refractivity contribution in [2.24, 2.45) is 0 Å². The summed E-state index contributed by atoms with van der Waals surface area (Å²) in [5, 5.41) is 2.70. The fourth-order valence-electron chi connectivity index (χ4n) is 2.11. The number of hydrogen-bond donors (Lipinski definition) is 1. The summed E-state index contributed by atoms with van der Waals surface area (Å²) in [6, 6.07) is 15.2. The Balaban J connectivity index is 1.99. The Labute approximate surface area is 146 Å². The molecule has 0 aliphatic carbocycles. The highest BCUT2D eigenvalue weighted by atomic mass is 32.2. The summed E-state index contributed by atoms with van der Waals surface area (Å²) >= 11 is 1.57. The molecule has 1 N–H and O–H groups in total. The van der Waals surface area contributed by atoms with Crippen LogP contribution in [-0.4, -0.2) is 24.2 Å². The minimum atomic E-state index is -0.419. The van der Waals surface area contributed by atoms with Crippen LogP contribution in [-0.2, 0) is 15.3 Å². The van der Waals surface area contributed by atoms with E-state index in [0.29, 0.717) is 11.3 Å². The van der Waals surface area contributed by atoms with Crippen molar-refractivity contribution in [2.75, 3.05) is 12.4 Å². The van der Waals surface area contributed by atoms with Gasteiger partial charge in [0, 0.05) is 11.4 Å². The van der Waals surface area contributed by atoms with Crippen molar-refractivity contribution in [1.29, 1.82) is 0 Å². The maximum atomic E-state index is 12.4. The molecule has 0 aromatic heterocycles. The highest BCUT2D eigenvalue weighted by Crippen LogP contribution is 2.22. The van der Waals surface area contributed by atoms with Crippen molar-refractivity contribution in [1.82, 2.24) is 0 Å². The second-order valence-corrected chi connectivity index (χ2v) is 6.78. The number of anilines is 1. The van der Waals surface area contributed by atoms with Crippen LogP contribution in [0.5, 0.6) is 0 Å². The highest BCUT2D eigenvalue weighted by molar-refractivity contribution is 7.99. The third-order valence-corrected chi connectivity index (χ3v) is 4.84. The molecule has 5 heteroatoms. The second-order valence-electron chi connectivity index (χ2n) is 5.45. The molecule has 0 fully saturated rings. The lowest BCUT2D eigenvalue weighted by Gasteiger charge is -2.14. The van der Waals surface area contributed by atoms with E-state index in [0.717, 1.165) is 11.3 Å². The SMILES string of the molecule is COC(=O)c1ccc(C)c(NC(=O)C(C)SCc2ccccc2)c1. The van der Waals surface area contributed by atoms with E-state index < -0.39 is 5.97 Å². The summed E-state index contributed by atoms with van der Waals surface area (Å²) in [7, 11) is 1.34. The normalized spacial score (nSPS) is 11.6. The van der Waals surface area contributed by atoms with Crippen LogP contribution in [0.2, 0.25) is 0 Å². The number of thioether (sulfide) groups is 1. The Bertz CT molecular complexity index is 716. The number of ether oxygens (including phenoxy) is 1. The quantitative estimate of drug-likeness (QED) is 0.804. The first-order valence-corrected chi connectivity index (χ1v) is 8.71. The van der Waals surface area contributed by atoms with Gasteiger partial charge in [0.1, 0.15) is 0 Å². The molecule has 1 unspecified atom stereocenters. The average Bonchev–Trinajstić information content (AvgIpc) is 2.61. The van der Waals surface area contributed by atoms with Gasteiger partial charge in [-0.2, -0.15) is 0 Å². The van der Waals surface area contributed by atoms with E-state index >= 15 is 0 Å². The zero-order chi connectivity index (χ0) is 17.5. The van der Waals surface area contributed by atoms with Gasteiger partial charge in [-0.3, -0.25) is 4.79 Å². The number of carbonyl (C=O) groups excluding carboxylic acids is 2. The smallest absolute Gasteiger partial charge is 0.337 e. The van der Waals surface area contributed by atoms with Crippen molar-refractivity contribution in [2.45, 2.75) is 24.9 Å². The molecule has 0 bridgehead atoms. The minimum absolute atomic E-state index is 0.0824. The molecule has 4 nitrogen and oxygen atoms in total. The Morgan fingerprint density at radius 3 is 2.54 bits per heavy atom. The molecule has 0 aliphatic heterocycles. The number of nitrogens with one attached hydrogen (secondary N) is 1. The molecule has 24 heavy (non-hydrogen) atoms. The van der Waals surface area contributed by atoms with E-state index in [1.54, 1.807) is 30.0 Å². The predicted octanol–water partition coefficient (Wildman–Crippen LogP) is 4.04. The zero-order valence-electron chi connectivity index (χ0n) is 14.0. The molecule has 0 aliphatic rings. The van der Waals surface area contributed by atoms with Crippen molar-refractivity contribution in [3.8, 4) is 0 Å². The number of esters is 1. The monoisotopic (exact) mass is 343 g/mol. The van der Waals surface area contributed by atoms with Crippen LogP contribution >= 0.6 is 11.8 Å². The van der Waals surface area contributed by atoms with Crippen LogP contribution in [0.25, 0.3) is 0 Å². The molecule has 1 atom stereocenters. The van der Waals surface area contributed by atoms with Crippen molar-refractivity contribution >= 4 is 29.3 Å². The molecule has 0 spiro atoms. The lowest BCUT2D eigenvalue weighted by Crippen LogP contribution is -2.23. The van der Waals surface area contributed by atoms with Gasteiger partial charge in [-0.15, -0.1) is 11.8 Å². The van der Waals surface area contributed by atoms with Crippen LogP contribution in [0, 0.1) is 6.92 Å². The topological polar surface area (TPSA) is 55.4 Å². The molecule has 0 saturated carbocycles. The molecule has 126 valence electrons. The maximum absolute atomic E-state index is 12.4. The van der Waals surface area contributed by atoms with E-state index in [4.69, 9.17) is 4.74 Å². The Morgan fingerprint density at radius 1 is 1.17 bits per heavy atom. The maximum Gasteiger partial charge on any atom is 0.337 e. The molecular weight excluding hydrogens is 322 g/mol. The summed E-state index contributed by atoms with van der Waals surface area (Å²) in [6.45, 7) is 3.76. The fraction of sp³-hybridized carbons (Fsp3) is 0.263. The number of aryl methyl sites for hydroxylation is 1. The minimum Gasteiger partial charge on any atom is -0.465 e. The molecule has 1 amide bonds. The van der Waals surface area contributed by atoms with Gasteiger partial charge >= 0.3 is 5.97 Å². The standard InChI is InChI=1S/C19H21NO3S/c1-13-9-10-16(19(22)23-3)11-17(13)20-18(21)14(2)24-12-15-7-5-4-6-8-15/h4-11,14H,12H2,1-3H3,(H,20,21). The first-order chi connectivity index (χ1) is 11.5. The fourth-order valence-corrected chi connectivity index (χ4v) is 2.95. The van der Waals surface area contributed by atoms with Crippen LogP contribution in [0.3, 0.4) is 0 Å². The van der Waals surface area contributed by atoms with Crippen LogP contribution in [0.1, 0.15) is 28.4 Å². The first-order valence-electron chi connectivity index (χ1n) is 7.66. The van der Waals surface area contributed by atoms with Gasteiger partial charge in [0.05, 0.1) is 17.9 Å². The largest absolute Gasteiger partial charge is 0.465 e. The van der Waals surface area contributed by atoms with Crippen LogP contribution in [0.4, 0.5) is 5.69 Å². The molecule has 0 radical (unpaired) electrons. The summed E-state index contributed by atoms with van der Waals surface area (Å²) in [6.07, 6.45) is 0. The van der Waals surface area contributed by atoms with Gasteiger partial charge in [-0.1, -0.05) is 36.4 Å². The van der Waals surface area contributed by atoms with E-state index in [1.165, 1.54) is 12.7 Å². The lowest BCUT2D eigenvalue weighted by atomic mass is 10.1. The van der Waals surface area contributed by atoms with Gasteiger partial charge in [-0.25, -0.2) is 4.79 Å². The summed E-state index contributed by atoms with van der Waals surface area (Å²) in [4.78, 5) is 24.0.